The van der Waals surface area contributed by atoms with E-state index < -0.39 is 11.9 Å². The first-order valence-corrected chi connectivity index (χ1v) is 10.2. The Morgan fingerprint density at radius 1 is 0.871 bits per heavy atom. The molecule has 0 bridgehead atoms. The first-order chi connectivity index (χ1) is 14.8. The van der Waals surface area contributed by atoms with Crippen LogP contribution in [-0.4, -0.2) is 17.8 Å². The number of benzene rings is 3. The third-order valence-corrected chi connectivity index (χ3v) is 5.08. The monoisotopic (exact) mass is 419 g/mol. The van der Waals surface area contributed by atoms with Gasteiger partial charge in [-0.15, -0.1) is 0 Å². The van der Waals surface area contributed by atoms with Crippen LogP contribution in [0.1, 0.15) is 53.7 Å². The molecule has 160 valence electrons. The fraction of sp³-hybridized carbons (Fsp3) is 0.231. The third-order valence-electron chi connectivity index (χ3n) is 5.08. The minimum atomic E-state index is -0.724. The number of carbonyl (C=O) groups is 2. The van der Waals surface area contributed by atoms with Gasteiger partial charge in [0, 0.05) is 16.8 Å². The Labute approximate surface area is 182 Å². The van der Waals surface area contributed by atoms with Crippen LogP contribution >= 0.6 is 0 Å². The van der Waals surface area contributed by atoms with Gasteiger partial charge in [-0.2, -0.15) is 0 Å². The fourth-order valence-corrected chi connectivity index (χ4v) is 3.28. The van der Waals surface area contributed by atoms with Crippen LogP contribution in [0.4, 0.5) is 10.1 Å². The lowest BCUT2D eigenvalue weighted by atomic mass is 9.98. The average molecular weight is 419 g/mol. The van der Waals surface area contributed by atoms with E-state index in [-0.39, 0.29) is 17.6 Å². The van der Waals surface area contributed by atoms with Crippen LogP contribution in [0.5, 0.6) is 5.75 Å². The van der Waals surface area contributed by atoms with Crippen molar-refractivity contribution in [2.75, 3.05) is 5.32 Å². The zero-order valence-corrected chi connectivity index (χ0v) is 18.1. The molecular formula is C26H26FNO3. The number of nitrogens with one attached hydrogen (secondary N) is 1. The van der Waals surface area contributed by atoms with E-state index in [1.807, 2.05) is 25.1 Å². The Bertz CT molecular complexity index is 1070. The lowest BCUT2D eigenvalue weighted by Crippen LogP contribution is -2.30. The van der Waals surface area contributed by atoms with E-state index in [0.717, 1.165) is 16.8 Å². The topological polar surface area (TPSA) is 55.4 Å². The lowest BCUT2D eigenvalue weighted by molar-refractivity contribution is -0.122. The van der Waals surface area contributed by atoms with Crippen molar-refractivity contribution in [3.63, 3.8) is 0 Å². The number of rotatable bonds is 7. The molecule has 0 spiro atoms. The molecule has 0 fully saturated rings. The summed E-state index contributed by atoms with van der Waals surface area (Å²) in [5.74, 6) is -0.0932. The lowest BCUT2D eigenvalue weighted by Gasteiger charge is -2.19. The Morgan fingerprint density at radius 2 is 1.45 bits per heavy atom. The molecule has 3 rings (SSSR count). The Morgan fingerprint density at radius 3 is 2.03 bits per heavy atom. The Hall–Kier alpha value is -3.47. The number of amides is 1. The highest BCUT2D eigenvalue weighted by Crippen LogP contribution is 2.27. The maximum Gasteiger partial charge on any atom is 0.265 e. The molecule has 0 saturated carbocycles. The number of ketones is 1. The van der Waals surface area contributed by atoms with Crippen molar-refractivity contribution in [1.29, 1.82) is 0 Å². The molecule has 0 aliphatic carbocycles. The maximum absolute atomic E-state index is 13.1. The number of halogens is 1. The predicted molar refractivity (Wildman–Crippen MR) is 120 cm³/mol. The van der Waals surface area contributed by atoms with Gasteiger partial charge in [0.1, 0.15) is 11.6 Å². The minimum Gasteiger partial charge on any atom is -0.481 e. The van der Waals surface area contributed by atoms with Gasteiger partial charge >= 0.3 is 0 Å². The van der Waals surface area contributed by atoms with Gasteiger partial charge in [-0.25, -0.2) is 4.39 Å². The summed E-state index contributed by atoms with van der Waals surface area (Å²) in [6.07, 6.45) is -0.724. The molecule has 5 heteroatoms. The van der Waals surface area contributed by atoms with Crippen LogP contribution in [-0.2, 0) is 4.79 Å². The summed E-state index contributed by atoms with van der Waals surface area (Å²) in [5, 5.41) is 2.99. The van der Waals surface area contributed by atoms with Crippen molar-refractivity contribution in [1.82, 2.24) is 0 Å². The first kappa shape index (κ1) is 22.2. The zero-order valence-electron chi connectivity index (χ0n) is 18.1. The maximum atomic E-state index is 13.1. The second kappa shape index (κ2) is 9.56. The van der Waals surface area contributed by atoms with Crippen molar-refractivity contribution >= 4 is 17.4 Å². The van der Waals surface area contributed by atoms with E-state index in [0.29, 0.717) is 16.9 Å². The Balaban J connectivity index is 1.67. The number of anilines is 1. The van der Waals surface area contributed by atoms with Gasteiger partial charge in [0.25, 0.3) is 5.91 Å². The van der Waals surface area contributed by atoms with Crippen molar-refractivity contribution in [3.8, 4) is 5.75 Å². The molecule has 31 heavy (non-hydrogen) atoms. The number of ether oxygens (including phenoxy) is 1. The van der Waals surface area contributed by atoms with Crippen LogP contribution < -0.4 is 10.1 Å². The van der Waals surface area contributed by atoms with Crippen molar-refractivity contribution in [2.24, 2.45) is 0 Å². The summed E-state index contributed by atoms with van der Waals surface area (Å²) in [7, 11) is 0. The van der Waals surface area contributed by atoms with E-state index >= 15 is 0 Å². The molecule has 1 amide bonds. The van der Waals surface area contributed by atoms with Gasteiger partial charge in [-0.3, -0.25) is 9.59 Å². The summed E-state index contributed by atoms with van der Waals surface area (Å²) >= 11 is 0. The number of hydrogen-bond donors (Lipinski definition) is 1. The van der Waals surface area contributed by atoms with Crippen molar-refractivity contribution < 1.29 is 18.7 Å². The van der Waals surface area contributed by atoms with Gasteiger partial charge in [0.05, 0.1) is 0 Å². The van der Waals surface area contributed by atoms with Gasteiger partial charge in [-0.05, 0) is 79.4 Å². The first-order valence-electron chi connectivity index (χ1n) is 10.2. The SMILES string of the molecule is Cc1cccc(C(C)C)c1NC(=O)[C@H](C)Oc1ccc(C(=O)c2ccc(F)cc2)cc1. The smallest absolute Gasteiger partial charge is 0.265 e. The summed E-state index contributed by atoms with van der Waals surface area (Å²) in [5.41, 5.74) is 3.75. The minimum absolute atomic E-state index is 0.210. The van der Waals surface area contributed by atoms with Crippen LogP contribution in [0.3, 0.4) is 0 Å². The molecule has 3 aromatic carbocycles. The second-order valence-corrected chi connectivity index (χ2v) is 7.80. The van der Waals surface area contributed by atoms with Crippen LogP contribution in [0.2, 0.25) is 0 Å². The fourth-order valence-electron chi connectivity index (χ4n) is 3.28. The second-order valence-electron chi connectivity index (χ2n) is 7.80. The standard InChI is InChI=1S/C26H26FNO3/c1-16(2)23-7-5-6-17(3)24(23)28-26(30)18(4)31-22-14-10-20(11-15-22)25(29)19-8-12-21(27)13-9-19/h5-16,18H,1-4H3,(H,28,30)/t18-/m0/s1. The predicted octanol–water partition coefficient (Wildman–Crippen LogP) is 5.89. The molecule has 0 aliphatic heterocycles. The van der Waals surface area contributed by atoms with E-state index in [4.69, 9.17) is 4.74 Å². The van der Waals surface area contributed by atoms with Crippen molar-refractivity contribution in [3.05, 3.63) is 94.8 Å². The van der Waals surface area contributed by atoms with Gasteiger partial charge in [-0.1, -0.05) is 32.0 Å². The summed E-state index contributed by atoms with van der Waals surface area (Å²) < 4.78 is 18.8. The number of aryl methyl sites for hydroxylation is 1. The zero-order chi connectivity index (χ0) is 22.5. The van der Waals surface area contributed by atoms with E-state index in [9.17, 15) is 14.0 Å². The molecule has 0 saturated heterocycles. The van der Waals surface area contributed by atoms with Crippen LogP contribution in [0, 0.1) is 12.7 Å². The molecule has 1 atom stereocenters. The highest BCUT2D eigenvalue weighted by Gasteiger charge is 2.19. The van der Waals surface area contributed by atoms with Crippen LogP contribution in [0.25, 0.3) is 0 Å². The highest BCUT2D eigenvalue weighted by molar-refractivity contribution is 6.09. The molecule has 0 heterocycles. The van der Waals surface area contributed by atoms with Gasteiger partial charge in [0.2, 0.25) is 0 Å². The molecule has 0 radical (unpaired) electrons. The number of hydrogen-bond acceptors (Lipinski definition) is 3. The molecule has 0 aromatic heterocycles. The summed E-state index contributed by atoms with van der Waals surface area (Å²) in [6.45, 7) is 7.81. The molecular weight excluding hydrogens is 393 g/mol. The summed E-state index contributed by atoms with van der Waals surface area (Å²) in [4.78, 5) is 25.2. The normalized spacial score (nSPS) is 11.8. The van der Waals surface area contributed by atoms with Crippen LogP contribution in [0.15, 0.2) is 66.7 Å². The molecule has 3 aromatic rings. The summed E-state index contributed by atoms with van der Waals surface area (Å²) in [6, 6.07) is 17.9. The van der Waals surface area contributed by atoms with Gasteiger partial charge in [0.15, 0.2) is 11.9 Å². The van der Waals surface area contributed by atoms with Gasteiger partial charge < -0.3 is 10.1 Å². The third kappa shape index (κ3) is 5.37. The quantitative estimate of drug-likeness (QED) is 0.486. The molecule has 1 N–H and O–H groups in total. The molecule has 0 unspecified atom stereocenters. The molecule has 4 nitrogen and oxygen atoms in total. The Kier molecular flexibility index (Phi) is 6.85. The van der Waals surface area contributed by atoms with Crippen molar-refractivity contribution in [2.45, 2.75) is 39.7 Å². The van der Waals surface area contributed by atoms with E-state index in [2.05, 4.69) is 19.2 Å². The van der Waals surface area contributed by atoms with E-state index in [1.165, 1.54) is 24.3 Å². The van der Waals surface area contributed by atoms with E-state index in [1.54, 1.807) is 31.2 Å². The highest BCUT2D eigenvalue weighted by atomic mass is 19.1. The number of para-hydroxylation sites is 1. The largest absolute Gasteiger partial charge is 0.481 e. The number of carbonyl (C=O) groups excluding carboxylic acids is 2. The molecule has 0 aliphatic rings. The average Bonchev–Trinajstić information content (AvgIpc) is 2.75.